The summed E-state index contributed by atoms with van der Waals surface area (Å²) in [6, 6.07) is 11.1. The first-order valence-electron chi connectivity index (χ1n) is 5.51. The zero-order chi connectivity index (χ0) is 13.2. The molecular weight excluding hydrogens is 326 g/mol. The van der Waals surface area contributed by atoms with Crippen molar-refractivity contribution in [2.45, 2.75) is 0 Å². The summed E-state index contributed by atoms with van der Waals surface area (Å²) < 4.78 is 0.999. The lowest BCUT2D eigenvalue weighted by atomic mass is 10.3. The molecule has 0 bridgehead atoms. The van der Waals surface area contributed by atoms with Crippen molar-refractivity contribution in [3.8, 4) is 0 Å². The van der Waals surface area contributed by atoms with Gasteiger partial charge in [-0.25, -0.2) is 4.98 Å². The van der Waals surface area contributed by atoms with Gasteiger partial charge in [-0.3, -0.25) is 4.79 Å². The van der Waals surface area contributed by atoms with Crippen LogP contribution in [0.15, 0.2) is 51.9 Å². The van der Waals surface area contributed by atoms with Gasteiger partial charge in [0.2, 0.25) is 0 Å². The predicted octanol–water partition coefficient (Wildman–Crippen LogP) is 3.56. The lowest BCUT2D eigenvalue weighted by molar-refractivity contribution is 1.29. The largest absolute Gasteiger partial charge is 0.331 e. The molecule has 0 spiro atoms. The van der Waals surface area contributed by atoms with Gasteiger partial charge >= 0.3 is 0 Å². The topological polar surface area (TPSA) is 54.9 Å². The van der Waals surface area contributed by atoms with E-state index in [-0.39, 0.29) is 5.56 Å². The second kappa shape index (κ2) is 5.07. The molecule has 0 saturated heterocycles. The minimum Gasteiger partial charge on any atom is -0.331 e. The maximum absolute atomic E-state index is 11.9. The van der Waals surface area contributed by atoms with Gasteiger partial charge in [-0.05, 0) is 36.4 Å². The Morgan fingerprint density at radius 2 is 1.95 bits per heavy atom. The summed E-state index contributed by atoms with van der Waals surface area (Å²) in [6.45, 7) is 0. The number of fused-ring (bicyclic) bond motifs is 1. The van der Waals surface area contributed by atoms with Gasteiger partial charge in [0.05, 0.1) is 5.39 Å². The summed E-state index contributed by atoms with van der Waals surface area (Å²) in [5, 5.41) is 4.20. The predicted molar refractivity (Wildman–Crippen MR) is 81.1 cm³/mol. The number of hydrogen-bond donors (Lipinski definition) is 1. The summed E-state index contributed by atoms with van der Waals surface area (Å²) in [5.41, 5.74) is 0.614. The highest BCUT2D eigenvalue weighted by Gasteiger charge is 2.05. The second-order valence-corrected chi connectivity index (χ2v) is 5.71. The van der Waals surface area contributed by atoms with E-state index >= 15 is 0 Å². The highest BCUT2D eigenvalue weighted by atomic mass is 79.9. The maximum Gasteiger partial charge on any atom is 0.282 e. The fraction of sp³-hybridized carbons (Fsp3) is 0. The van der Waals surface area contributed by atoms with E-state index < -0.39 is 0 Å². The van der Waals surface area contributed by atoms with Crippen molar-refractivity contribution in [2.24, 2.45) is 0 Å². The van der Waals surface area contributed by atoms with Crippen LogP contribution >= 0.6 is 27.3 Å². The third-order valence-electron chi connectivity index (χ3n) is 2.49. The lowest BCUT2D eigenvalue weighted by Gasteiger charge is -2.04. The zero-order valence-corrected chi connectivity index (χ0v) is 12.0. The third-order valence-corrected chi connectivity index (χ3v) is 3.93. The minimum atomic E-state index is -0.263. The van der Waals surface area contributed by atoms with Crippen molar-refractivity contribution in [1.29, 1.82) is 0 Å². The Morgan fingerprint density at radius 1 is 1.16 bits per heavy atom. The number of aromatic nitrogens is 2. The molecule has 19 heavy (non-hydrogen) atoms. The van der Waals surface area contributed by atoms with Crippen LogP contribution in [0.25, 0.3) is 10.2 Å². The Labute approximate surface area is 121 Å². The van der Waals surface area contributed by atoms with Gasteiger partial charge in [0, 0.05) is 16.4 Å². The molecular formula is C13H8BrN3OS. The van der Waals surface area contributed by atoms with Crippen molar-refractivity contribution in [1.82, 2.24) is 9.97 Å². The van der Waals surface area contributed by atoms with Crippen LogP contribution in [-0.4, -0.2) is 9.97 Å². The lowest BCUT2D eigenvalue weighted by Crippen LogP contribution is -2.07. The summed E-state index contributed by atoms with van der Waals surface area (Å²) in [5.74, 6) is 0. The average Bonchev–Trinajstić information content (AvgIpc) is 2.42. The molecule has 3 aromatic rings. The molecule has 0 atom stereocenters. The summed E-state index contributed by atoms with van der Waals surface area (Å²) in [4.78, 5) is 20.7. The van der Waals surface area contributed by atoms with Crippen molar-refractivity contribution in [2.75, 3.05) is 5.32 Å². The Bertz CT molecular complexity index is 786. The normalized spacial score (nSPS) is 10.6. The number of anilines is 2. The average molecular weight is 334 g/mol. The monoisotopic (exact) mass is 333 g/mol. The smallest absolute Gasteiger partial charge is 0.282 e. The highest BCUT2D eigenvalue weighted by molar-refractivity contribution is 9.10. The SMILES string of the molecule is O=c1nc(Nc2ccc(Br)cc2)sc2ncccc12. The fourth-order valence-electron chi connectivity index (χ4n) is 1.61. The Hall–Kier alpha value is -1.79. The van der Waals surface area contributed by atoms with Gasteiger partial charge in [0.1, 0.15) is 4.83 Å². The summed E-state index contributed by atoms with van der Waals surface area (Å²) in [7, 11) is 0. The molecule has 0 aliphatic carbocycles. The van der Waals surface area contributed by atoms with Gasteiger partial charge in [-0.15, -0.1) is 0 Å². The number of hydrogen-bond acceptors (Lipinski definition) is 5. The molecule has 0 unspecified atom stereocenters. The molecule has 1 aromatic carbocycles. The van der Waals surface area contributed by atoms with Crippen molar-refractivity contribution >= 4 is 48.3 Å². The third kappa shape index (κ3) is 2.64. The molecule has 0 aliphatic rings. The van der Waals surface area contributed by atoms with Gasteiger partial charge in [-0.1, -0.05) is 27.3 Å². The summed E-state index contributed by atoms with van der Waals surface area (Å²) >= 11 is 4.73. The fourth-order valence-corrected chi connectivity index (χ4v) is 2.74. The standard InChI is InChI=1S/C13H8BrN3OS/c14-8-3-5-9(6-4-8)16-13-17-11(18)10-2-1-7-15-12(10)19-13/h1-7H,(H,16,17,18). The van der Waals surface area contributed by atoms with E-state index in [1.54, 1.807) is 18.3 Å². The van der Waals surface area contributed by atoms with Gasteiger partial charge in [0.15, 0.2) is 5.13 Å². The number of halogens is 1. The van der Waals surface area contributed by atoms with Crippen LogP contribution in [0.2, 0.25) is 0 Å². The van der Waals surface area contributed by atoms with E-state index in [1.807, 2.05) is 24.3 Å². The second-order valence-electron chi connectivity index (χ2n) is 3.81. The highest BCUT2D eigenvalue weighted by Crippen LogP contribution is 2.23. The van der Waals surface area contributed by atoms with E-state index in [1.165, 1.54) is 11.3 Å². The number of pyridine rings is 1. The number of rotatable bonds is 2. The molecule has 1 N–H and O–H groups in total. The van der Waals surface area contributed by atoms with E-state index in [0.29, 0.717) is 15.3 Å². The molecule has 4 nitrogen and oxygen atoms in total. The molecule has 0 fully saturated rings. The molecule has 0 radical (unpaired) electrons. The quantitative estimate of drug-likeness (QED) is 0.779. The molecule has 2 aromatic heterocycles. The van der Waals surface area contributed by atoms with Crippen LogP contribution < -0.4 is 10.9 Å². The van der Waals surface area contributed by atoms with Crippen molar-refractivity contribution in [3.05, 3.63) is 57.4 Å². The maximum atomic E-state index is 11.9. The number of nitrogens with zero attached hydrogens (tertiary/aromatic N) is 2. The van der Waals surface area contributed by atoms with E-state index in [9.17, 15) is 4.79 Å². The number of benzene rings is 1. The minimum absolute atomic E-state index is 0.263. The molecule has 0 aliphatic heterocycles. The van der Waals surface area contributed by atoms with Crippen LogP contribution in [0.5, 0.6) is 0 Å². The van der Waals surface area contributed by atoms with Crippen molar-refractivity contribution in [3.63, 3.8) is 0 Å². The van der Waals surface area contributed by atoms with E-state index in [0.717, 1.165) is 10.2 Å². The molecule has 2 heterocycles. The first kappa shape index (κ1) is 12.3. The molecule has 0 saturated carbocycles. The van der Waals surface area contributed by atoms with Gasteiger partial charge in [-0.2, -0.15) is 4.98 Å². The van der Waals surface area contributed by atoms with E-state index in [4.69, 9.17) is 0 Å². The zero-order valence-electron chi connectivity index (χ0n) is 9.63. The van der Waals surface area contributed by atoms with Crippen LogP contribution in [-0.2, 0) is 0 Å². The van der Waals surface area contributed by atoms with E-state index in [2.05, 4.69) is 31.2 Å². The summed E-state index contributed by atoms with van der Waals surface area (Å²) in [6.07, 6.45) is 1.67. The molecule has 6 heteroatoms. The first-order valence-corrected chi connectivity index (χ1v) is 7.12. The number of nitrogens with one attached hydrogen (secondary N) is 1. The van der Waals surface area contributed by atoms with Crippen LogP contribution in [0.4, 0.5) is 10.8 Å². The van der Waals surface area contributed by atoms with Gasteiger partial charge < -0.3 is 5.32 Å². The van der Waals surface area contributed by atoms with Crippen LogP contribution in [0, 0.1) is 0 Å². The van der Waals surface area contributed by atoms with Crippen LogP contribution in [0.3, 0.4) is 0 Å². The first-order chi connectivity index (χ1) is 9.22. The molecule has 3 rings (SSSR count). The van der Waals surface area contributed by atoms with Crippen LogP contribution in [0.1, 0.15) is 0 Å². The Balaban J connectivity index is 2.01. The van der Waals surface area contributed by atoms with Crippen molar-refractivity contribution < 1.29 is 0 Å². The Morgan fingerprint density at radius 3 is 2.74 bits per heavy atom. The molecule has 94 valence electrons. The molecule has 0 amide bonds. The van der Waals surface area contributed by atoms with Gasteiger partial charge in [0.25, 0.3) is 5.56 Å². The Kier molecular flexibility index (Phi) is 3.27.